The first-order valence-electron chi connectivity index (χ1n) is 3.65. The summed E-state index contributed by atoms with van der Waals surface area (Å²) >= 11 is 5.44. The van der Waals surface area contributed by atoms with Crippen LogP contribution in [0.25, 0.3) is 0 Å². The molecule has 1 nitrogen and oxygen atoms in total. The van der Waals surface area contributed by atoms with Crippen LogP contribution < -0.4 is 4.74 Å². The van der Waals surface area contributed by atoms with Gasteiger partial charge < -0.3 is 4.74 Å². The Morgan fingerprint density at radius 3 is 2.73 bits per heavy atom. The molecule has 2 heteroatoms. The molecule has 0 spiro atoms. The first kappa shape index (κ1) is 8.41. The highest BCUT2D eigenvalue weighted by Crippen LogP contribution is 2.18. The number of benzene rings is 1. The summed E-state index contributed by atoms with van der Waals surface area (Å²) in [5, 5.41) is 0. The van der Waals surface area contributed by atoms with Crippen LogP contribution in [0.5, 0.6) is 5.75 Å². The molecule has 0 fully saturated rings. The number of para-hydroxylation sites is 1. The average molecular weight is 171 g/mol. The third-order valence-electron chi connectivity index (χ3n) is 1.56. The van der Waals surface area contributed by atoms with Crippen molar-refractivity contribution in [2.24, 2.45) is 0 Å². The number of ether oxygens (including phenoxy) is 1. The van der Waals surface area contributed by atoms with Crippen LogP contribution in [0.3, 0.4) is 0 Å². The van der Waals surface area contributed by atoms with E-state index in [0.29, 0.717) is 0 Å². The predicted molar refractivity (Wildman–Crippen MR) is 47.2 cm³/mol. The summed E-state index contributed by atoms with van der Waals surface area (Å²) in [6, 6.07) is 8.14. The van der Waals surface area contributed by atoms with Crippen LogP contribution in [-0.4, -0.2) is 6.07 Å². The number of hydrogen-bond acceptors (Lipinski definition) is 1. The quantitative estimate of drug-likeness (QED) is 0.634. The predicted octanol–water partition coefficient (Wildman–Crippen LogP) is 2.82. The van der Waals surface area contributed by atoms with Crippen LogP contribution >= 0.6 is 11.6 Å². The molecule has 1 aromatic carbocycles. The molecule has 0 bridgehead atoms. The lowest BCUT2D eigenvalue weighted by molar-refractivity contribution is 0.384. The third-order valence-corrected chi connectivity index (χ3v) is 1.67. The Kier molecular flexibility index (Phi) is 3.24. The molecule has 0 aliphatic heterocycles. The maximum atomic E-state index is 5.44. The molecule has 0 saturated carbocycles. The minimum absolute atomic E-state index is 0.219. The van der Waals surface area contributed by atoms with Gasteiger partial charge in [-0.1, -0.05) is 36.7 Å². The van der Waals surface area contributed by atoms with E-state index >= 15 is 0 Å². The van der Waals surface area contributed by atoms with Gasteiger partial charge in [-0.3, -0.25) is 0 Å². The van der Waals surface area contributed by atoms with Gasteiger partial charge in [0, 0.05) is 0 Å². The van der Waals surface area contributed by atoms with Crippen LogP contribution in [0.4, 0.5) is 0 Å². The molecular weight excluding hydrogens is 160 g/mol. The van der Waals surface area contributed by atoms with Crippen LogP contribution in [0.2, 0.25) is 0 Å². The van der Waals surface area contributed by atoms with Gasteiger partial charge in [0.05, 0.1) is 0 Å². The van der Waals surface area contributed by atoms with E-state index in [0.717, 1.165) is 12.2 Å². The summed E-state index contributed by atoms with van der Waals surface area (Å²) < 4.78 is 5.19. The molecule has 0 saturated heterocycles. The first-order valence-corrected chi connectivity index (χ1v) is 4.18. The van der Waals surface area contributed by atoms with E-state index in [4.69, 9.17) is 16.3 Å². The second kappa shape index (κ2) is 4.24. The van der Waals surface area contributed by atoms with Gasteiger partial charge in [-0.25, -0.2) is 0 Å². The monoisotopic (exact) mass is 170 g/mol. The highest BCUT2D eigenvalue weighted by atomic mass is 35.5. The van der Waals surface area contributed by atoms with Gasteiger partial charge in [-0.15, -0.1) is 0 Å². The Balaban J connectivity index is 2.83. The van der Waals surface area contributed by atoms with Crippen LogP contribution in [0, 0.1) is 0 Å². The Morgan fingerprint density at radius 2 is 2.09 bits per heavy atom. The molecule has 0 amide bonds. The average Bonchev–Trinajstić information content (AvgIpc) is 2.06. The van der Waals surface area contributed by atoms with Gasteiger partial charge >= 0.3 is 0 Å². The van der Waals surface area contributed by atoms with E-state index in [9.17, 15) is 0 Å². The largest absolute Gasteiger partial charge is 0.478 e. The van der Waals surface area contributed by atoms with Crippen LogP contribution in [0.15, 0.2) is 24.3 Å². The van der Waals surface area contributed by atoms with Crippen molar-refractivity contribution >= 4 is 11.6 Å². The molecule has 0 unspecified atom stereocenters. The maximum Gasteiger partial charge on any atom is 0.162 e. The van der Waals surface area contributed by atoms with E-state index in [1.165, 1.54) is 5.56 Å². The van der Waals surface area contributed by atoms with E-state index < -0.39 is 0 Å². The van der Waals surface area contributed by atoms with Gasteiger partial charge in [-0.2, -0.15) is 0 Å². The molecule has 0 aliphatic carbocycles. The van der Waals surface area contributed by atoms with Crippen molar-refractivity contribution in [3.05, 3.63) is 29.8 Å². The maximum absolute atomic E-state index is 5.44. The van der Waals surface area contributed by atoms with Crippen molar-refractivity contribution in [1.82, 2.24) is 0 Å². The zero-order valence-corrected chi connectivity index (χ0v) is 7.27. The molecule has 60 valence electrons. The molecular formula is C9H11ClO. The Labute approximate surface area is 71.9 Å². The fraction of sp³-hybridized carbons (Fsp3) is 0.333. The summed E-state index contributed by atoms with van der Waals surface area (Å²) in [7, 11) is 0. The second-order valence-electron chi connectivity index (χ2n) is 2.21. The first-order chi connectivity index (χ1) is 5.38. The molecule has 0 aliphatic rings. The van der Waals surface area contributed by atoms with Gasteiger partial charge in [0.1, 0.15) is 5.75 Å². The summed E-state index contributed by atoms with van der Waals surface area (Å²) in [5.41, 5.74) is 1.20. The van der Waals surface area contributed by atoms with Gasteiger partial charge in [0.15, 0.2) is 6.07 Å². The van der Waals surface area contributed by atoms with Crippen molar-refractivity contribution in [2.75, 3.05) is 6.07 Å². The molecule has 0 atom stereocenters. The minimum Gasteiger partial charge on any atom is -0.478 e. The van der Waals surface area contributed by atoms with E-state index in [-0.39, 0.29) is 6.07 Å². The number of rotatable bonds is 3. The Hall–Kier alpha value is -0.690. The normalized spacial score (nSPS) is 9.64. The van der Waals surface area contributed by atoms with Crippen molar-refractivity contribution in [2.45, 2.75) is 13.3 Å². The molecule has 1 rings (SSSR count). The number of halogens is 1. The lowest BCUT2D eigenvalue weighted by Crippen LogP contribution is -1.93. The summed E-state index contributed by atoms with van der Waals surface area (Å²) in [6.45, 7) is 2.09. The second-order valence-corrected chi connectivity index (χ2v) is 2.43. The van der Waals surface area contributed by atoms with Gasteiger partial charge in [0.25, 0.3) is 0 Å². The Morgan fingerprint density at radius 1 is 1.36 bits per heavy atom. The molecule has 1 aromatic rings. The van der Waals surface area contributed by atoms with Crippen LogP contribution in [0.1, 0.15) is 12.5 Å². The van der Waals surface area contributed by atoms with Crippen molar-refractivity contribution in [3.8, 4) is 5.75 Å². The van der Waals surface area contributed by atoms with Crippen LogP contribution in [-0.2, 0) is 6.42 Å². The molecule has 11 heavy (non-hydrogen) atoms. The van der Waals surface area contributed by atoms with Crippen molar-refractivity contribution in [1.29, 1.82) is 0 Å². The minimum atomic E-state index is 0.219. The smallest absolute Gasteiger partial charge is 0.162 e. The number of alkyl halides is 1. The topological polar surface area (TPSA) is 9.23 Å². The summed E-state index contributed by atoms with van der Waals surface area (Å²) in [4.78, 5) is 0. The summed E-state index contributed by atoms with van der Waals surface area (Å²) in [6.07, 6.45) is 0.979. The van der Waals surface area contributed by atoms with E-state index in [1.807, 2.05) is 24.3 Å². The standard InChI is InChI=1S/C9H11ClO/c1-2-8-5-3-4-6-9(8)11-7-10/h3-6H,2,7H2,1H3. The van der Waals surface area contributed by atoms with Gasteiger partial charge in [0.2, 0.25) is 0 Å². The zero-order chi connectivity index (χ0) is 8.10. The summed E-state index contributed by atoms with van der Waals surface area (Å²) in [5.74, 6) is 0.894. The number of aryl methyl sites for hydroxylation is 1. The fourth-order valence-electron chi connectivity index (χ4n) is 0.995. The van der Waals surface area contributed by atoms with Crippen molar-refractivity contribution < 1.29 is 4.74 Å². The third kappa shape index (κ3) is 2.12. The van der Waals surface area contributed by atoms with E-state index in [2.05, 4.69) is 6.92 Å². The molecule has 0 heterocycles. The van der Waals surface area contributed by atoms with Crippen molar-refractivity contribution in [3.63, 3.8) is 0 Å². The molecule has 0 aromatic heterocycles. The zero-order valence-electron chi connectivity index (χ0n) is 6.51. The SMILES string of the molecule is CCc1ccccc1OCCl. The van der Waals surface area contributed by atoms with Gasteiger partial charge in [-0.05, 0) is 18.1 Å². The Bertz CT molecular complexity index is 223. The fourth-order valence-corrected chi connectivity index (χ4v) is 1.11. The highest BCUT2D eigenvalue weighted by molar-refractivity contribution is 6.17. The van der Waals surface area contributed by atoms with E-state index in [1.54, 1.807) is 0 Å². The number of hydrogen-bond donors (Lipinski definition) is 0. The molecule has 0 radical (unpaired) electrons. The lowest BCUT2D eigenvalue weighted by atomic mass is 10.1. The lowest BCUT2D eigenvalue weighted by Gasteiger charge is -2.05. The molecule has 0 N–H and O–H groups in total. The highest BCUT2D eigenvalue weighted by Gasteiger charge is 1.97.